The molecule has 0 unspecified atom stereocenters. The fourth-order valence-corrected chi connectivity index (χ4v) is 3.66. The van der Waals surface area contributed by atoms with Crippen LogP contribution in [0.2, 0.25) is 0 Å². The summed E-state index contributed by atoms with van der Waals surface area (Å²) in [6, 6.07) is 31.6. The molecule has 3 N–H and O–H groups in total. The van der Waals surface area contributed by atoms with E-state index in [0.717, 1.165) is 17.1 Å². The van der Waals surface area contributed by atoms with Gasteiger partial charge in [-0.2, -0.15) is 0 Å². The highest BCUT2D eigenvalue weighted by molar-refractivity contribution is 6.17. The van der Waals surface area contributed by atoms with Crippen LogP contribution in [0, 0.1) is 0 Å². The molecule has 0 radical (unpaired) electrons. The molecule has 0 atom stereocenters. The summed E-state index contributed by atoms with van der Waals surface area (Å²) in [5, 5.41) is 11.0. The SMILES string of the molecule is Nc1ccccc1Nc1cccc2ccc3cc4ccccc4cc3c12. The first-order valence-electron chi connectivity index (χ1n) is 8.75. The normalized spacial score (nSPS) is 11.2. The number of hydrogen-bond acceptors (Lipinski definition) is 2. The summed E-state index contributed by atoms with van der Waals surface area (Å²) < 4.78 is 0. The standard InChI is InChI=1S/C24H18N2/c25-21-9-3-4-10-22(21)26-23-11-5-8-16-12-13-19-14-17-6-1-2-7-18(17)15-20(19)24(16)23/h1-15,26H,25H2. The highest BCUT2D eigenvalue weighted by Gasteiger charge is 2.08. The summed E-state index contributed by atoms with van der Waals surface area (Å²) in [4.78, 5) is 0. The minimum absolute atomic E-state index is 0.746. The summed E-state index contributed by atoms with van der Waals surface area (Å²) in [6.45, 7) is 0. The number of nitrogens with two attached hydrogens (primary N) is 1. The lowest BCUT2D eigenvalue weighted by Gasteiger charge is -2.14. The molecule has 0 aliphatic rings. The van der Waals surface area contributed by atoms with Crippen molar-refractivity contribution in [3.05, 3.63) is 91.0 Å². The average Bonchev–Trinajstić information content (AvgIpc) is 2.68. The van der Waals surface area contributed by atoms with Gasteiger partial charge in [0.25, 0.3) is 0 Å². The van der Waals surface area contributed by atoms with Gasteiger partial charge in [-0.15, -0.1) is 0 Å². The third-order valence-electron chi connectivity index (χ3n) is 4.96. The Hall–Kier alpha value is -3.52. The highest BCUT2D eigenvalue weighted by Crippen LogP contribution is 2.36. The van der Waals surface area contributed by atoms with Gasteiger partial charge in [0.2, 0.25) is 0 Å². The number of para-hydroxylation sites is 2. The van der Waals surface area contributed by atoms with Gasteiger partial charge in [0, 0.05) is 11.1 Å². The minimum atomic E-state index is 0.746. The molecule has 5 aromatic rings. The van der Waals surface area contributed by atoms with Gasteiger partial charge in [0.1, 0.15) is 0 Å². The van der Waals surface area contributed by atoms with Crippen molar-refractivity contribution in [2.24, 2.45) is 0 Å². The largest absolute Gasteiger partial charge is 0.397 e. The Morgan fingerprint density at radius 1 is 0.538 bits per heavy atom. The van der Waals surface area contributed by atoms with Gasteiger partial charge in [-0.05, 0) is 57.3 Å². The van der Waals surface area contributed by atoms with Crippen LogP contribution in [0.25, 0.3) is 32.3 Å². The fraction of sp³-hybridized carbons (Fsp3) is 0. The van der Waals surface area contributed by atoms with E-state index in [9.17, 15) is 0 Å². The van der Waals surface area contributed by atoms with Crippen LogP contribution < -0.4 is 11.1 Å². The topological polar surface area (TPSA) is 38.0 Å². The number of benzene rings is 5. The van der Waals surface area contributed by atoms with Gasteiger partial charge >= 0.3 is 0 Å². The van der Waals surface area contributed by atoms with Crippen LogP contribution in [0.3, 0.4) is 0 Å². The van der Waals surface area contributed by atoms with Crippen LogP contribution in [-0.2, 0) is 0 Å². The van der Waals surface area contributed by atoms with E-state index in [1.54, 1.807) is 0 Å². The van der Waals surface area contributed by atoms with Gasteiger partial charge in [-0.25, -0.2) is 0 Å². The minimum Gasteiger partial charge on any atom is -0.397 e. The molecule has 26 heavy (non-hydrogen) atoms. The van der Waals surface area contributed by atoms with E-state index in [-0.39, 0.29) is 0 Å². The van der Waals surface area contributed by atoms with Crippen molar-refractivity contribution in [2.45, 2.75) is 0 Å². The van der Waals surface area contributed by atoms with Gasteiger partial charge < -0.3 is 11.1 Å². The predicted molar refractivity (Wildman–Crippen MR) is 113 cm³/mol. The maximum atomic E-state index is 6.14. The number of anilines is 3. The van der Waals surface area contributed by atoms with Crippen LogP contribution in [0.15, 0.2) is 91.0 Å². The Bertz CT molecular complexity index is 1270. The zero-order valence-electron chi connectivity index (χ0n) is 14.2. The molecule has 0 heterocycles. The van der Waals surface area contributed by atoms with Crippen molar-refractivity contribution in [1.82, 2.24) is 0 Å². The molecule has 2 heteroatoms. The van der Waals surface area contributed by atoms with Crippen molar-refractivity contribution in [1.29, 1.82) is 0 Å². The Morgan fingerprint density at radius 2 is 1.19 bits per heavy atom. The molecule has 0 saturated heterocycles. The monoisotopic (exact) mass is 334 g/mol. The lowest BCUT2D eigenvalue weighted by molar-refractivity contribution is 1.58. The van der Waals surface area contributed by atoms with E-state index < -0.39 is 0 Å². The second kappa shape index (κ2) is 5.78. The smallest absolute Gasteiger partial charge is 0.0618 e. The molecule has 0 amide bonds. The third kappa shape index (κ3) is 2.35. The second-order valence-electron chi connectivity index (χ2n) is 6.60. The summed E-state index contributed by atoms with van der Waals surface area (Å²) in [5.41, 5.74) is 8.88. The number of fused-ring (bicyclic) bond motifs is 4. The molecule has 0 bridgehead atoms. The molecule has 0 aliphatic carbocycles. The molecule has 0 aliphatic heterocycles. The molecule has 2 nitrogen and oxygen atoms in total. The van der Waals surface area contributed by atoms with Crippen molar-refractivity contribution < 1.29 is 0 Å². The Morgan fingerprint density at radius 3 is 2.04 bits per heavy atom. The van der Waals surface area contributed by atoms with Crippen LogP contribution in [-0.4, -0.2) is 0 Å². The van der Waals surface area contributed by atoms with Crippen molar-refractivity contribution in [3.8, 4) is 0 Å². The number of hydrogen-bond donors (Lipinski definition) is 2. The van der Waals surface area contributed by atoms with Crippen LogP contribution in [0.5, 0.6) is 0 Å². The maximum Gasteiger partial charge on any atom is 0.0618 e. The fourth-order valence-electron chi connectivity index (χ4n) is 3.66. The molecule has 0 saturated carbocycles. The number of rotatable bonds is 2. The molecule has 0 fully saturated rings. The summed E-state index contributed by atoms with van der Waals surface area (Å²) in [7, 11) is 0. The molecule has 5 aromatic carbocycles. The summed E-state index contributed by atoms with van der Waals surface area (Å²) >= 11 is 0. The van der Waals surface area contributed by atoms with Crippen LogP contribution in [0.1, 0.15) is 0 Å². The highest BCUT2D eigenvalue weighted by atomic mass is 14.9. The van der Waals surface area contributed by atoms with E-state index in [2.05, 4.69) is 72.0 Å². The Kier molecular flexibility index (Phi) is 3.29. The van der Waals surface area contributed by atoms with E-state index >= 15 is 0 Å². The van der Waals surface area contributed by atoms with Crippen LogP contribution >= 0.6 is 0 Å². The van der Waals surface area contributed by atoms with Crippen molar-refractivity contribution in [3.63, 3.8) is 0 Å². The van der Waals surface area contributed by atoms with E-state index in [1.165, 1.54) is 32.3 Å². The molecule has 124 valence electrons. The van der Waals surface area contributed by atoms with Gasteiger partial charge in [-0.3, -0.25) is 0 Å². The number of nitrogens with one attached hydrogen (secondary N) is 1. The first kappa shape index (κ1) is 14.8. The molecule has 5 rings (SSSR count). The summed E-state index contributed by atoms with van der Waals surface area (Å²) in [5.74, 6) is 0. The third-order valence-corrected chi connectivity index (χ3v) is 4.96. The Balaban J connectivity index is 1.82. The average molecular weight is 334 g/mol. The van der Waals surface area contributed by atoms with Gasteiger partial charge in [0.15, 0.2) is 0 Å². The first-order chi connectivity index (χ1) is 12.8. The van der Waals surface area contributed by atoms with Crippen molar-refractivity contribution >= 4 is 49.4 Å². The van der Waals surface area contributed by atoms with E-state index in [0.29, 0.717) is 0 Å². The first-order valence-corrected chi connectivity index (χ1v) is 8.75. The summed E-state index contributed by atoms with van der Waals surface area (Å²) in [6.07, 6.45) is 0. The van der Waals surface area contributed by atoms with Gasteiger partial charge in [0.05, 0.1) is 11.4 Å². The lowest BCUT2D eigenvalue weighted by Crippen LogP contribution is -1.96. The maximum absolute atomic E-state index is 6.14. The molecule has 0 aromatic heterocycles. The Labute approximate surface area is 151 Å². The second-order valence-corrected chi connectivity index (χ2v) is 6.60. The van der Waals surface area contributed by atoms with E-state index in [1.807, 2.05) is 24.3 Å². The molecular formula is C24H18N2. The van der Waals surface area contributed by atoms with Crippen LogP contribution in [0.4, 0.5) is 17.1 Å². The predicted octanol–water partition coefficient (Wildman–Crippen LogP) is 6.47. The quantitative estimate of drug-likeness (QED) is 0.220. The molecular weight excluding hydrogens is 316 g/mol. The van der Waals surface area contributed by atoms with Crippen molar-refractivity contribution in [2.75, 3.05) is 11.1 Å². The molecule has 0 spiro atoms. The number of nitrogen functional groups attached to an aromatic ring is 1. The zero-order valence-corrected chi connectivity index (χ0v) is 14.2. The zero-order chi connectivity index (χ0) is 17.5. The lowest BCUT2D eigenvalue weighted by atomic mass is 9.97. The van der Waals surface area contributed by atoms with E-state index in [4.69, 9.17) is 5.73 Å². The van der Waals surface area contributed by atoms with Gasteiger partial charge in [-0.1, -0.05) is 60.7 Å².